The fraction of sp³-hybridized carbons (Fsp3) is 0.261. The van der Waals surface area contributed by atoms with Gasteiger partial charge in [0.1, 0.15) is 16.5 Å². The van der Waals surface area contributed by atoms with Gasteiger partial charge in [0.25, 0.3) is 9.84 Å². The Bertz CT molecular complexity index is 2670. The number of hydrogen-bond acceptors (Lipinski definition) is 9. The van der Waals surface area contributed by atoms with Crippen LogP contribution in [0.3, 0.4) is 0 Å². The molecular formula is C46H45ClF5N5O2S4. The van der Waals surface area contributed by atoms with Gasteiger partial charge in [0.15, 0.2) is 0 Å². The standard InChI is InChI=1S/C46H45ClF5N5O2S4/c1-29(2)57-30(3)45(60-4)43(44(57)31-9-11-33(47)12-10-31)32-25-34(48)27-37(26-32)56-22-20-55(21-23-56)36-15-13-35(14-16-36)54-62-38-17-18-40(42(28-38)63(58,59)46(50,51)52)53-19-24-61-41-8-6-5-7-39(41)49/h5-18,25-29,53-54H,19-24H2,1-4H3. The quantitative estimate of drug-likeness (QED) is 0.0453. The van der Waals surface area contributed by atoms with Crippen LogP contribution in [-0.2, 0) is 9.84 Å². The number of sulfone groups is 1. The van der Waals surface area contributed by atoms with Crippen LogP contribution in [0.15, 0.2) is 129 Å². The van der Waals surface area contributed by atoms with Gasteiger partial charge in [-0.15, -0.1) is 23.5 Å². The number of benzene rings is 5. The normalized spacial score (nSPS) is 13.5. The van der Waals surface area contributed by atoms with E-state index in [1.807, 2.05) is 54.8 Å². The van der Waals surface area contributed by atoms with Gasteiger partial charge in [0, 0.05) is 92.5 Å². The van der Waals surface area contributed by atoms with E-state index in [0.717, 1.165) is 74.1 Å². The van der Waals surface area contributed by atoms with Crippen molar-refractivity contribution < 1.29 is 30.4 Å². The molecule has 0 radical (unpaired) electrons. The van der Waals surface area contributed by atoms with E-state index in [2.05, 4.69) is 51.2 Å². The molecule has 332 valence electrons. The molecule has 2 heterocycles. The molecule has 6 aromatic rings. The first-order valence-electron chi connectivity index (χ1n) is 20.0. The van der Waals surface area contributed by atoms with Crippen molar-refractivity contribution in [3.63, 3.8) is 0 Å². The van der Waals surface area contributed by atoms with E-state index in [0.29, 0.717) is 41.8 Å². The highest BCUT2D eigenvalue weighted by Gasteiger charge is 2.48. The summed E-state index contributed by atoms with van der Waals surface area (Å²) in [5.74, 6) is -0.446. The van der Waals surface area contributed by atoms with Gasteiger partial charge in [-0.2, -0.15) is 13.2 Å². The van der Waals surface area contributed by atoms with Crippen molar-refractivity contribution in [2.45, 2.75) is 51.9 Å². The molecule has 2 N–H and O–H groups in total. The van der Waals surface area contributed by atoms with Gasteiger partial charge in [-0.3, -0.25) is 0 Å². The van der Waals surface area contributed by atoms with E-state index in [1.54, 1.807) is 42.1 Å². The second kappa shape index (κ2) is 19.7. The third kappa shape index (κ3) is 10.4. The maximum Gasteiger partial charge on any atom is 0.501 e. The first kappa shape index (κ1) is 46.5. The summed E-state index contributed by atoms with van der Waals surface area (Å²) in [6.07, 6.45) is 2.05. The lowest BCUT2D eigenvalue weighted by molar-refractivity contribution is -0.0435. The van der Waals surface area contributed by atoms with E-state index >= 15 is 4.39 Å². The number of hydrogen-bond donors (Lipinski definition) is 2. The third-order valence-electron chi connectivity index (χ3n) is 10.6. The maximum atomic E-state index is 15.6. The van der Waals surface area contributed by atoms with Crippen LogP contribution in [0.25, 0.3) is 22.4 Å². The summed E-state index contributed by atoms with van der Waals surface area (Å²) in [5, 5.41) is 3.43. The van der Waals surface area contributed by atoms with Gasteiger partial charge in [-0.1, -0.05) is 35.9 Å². The van der Waals surface area contributed by atoms with E-state index in [-0.39, 0.29) is 34.7 Å². The zero-order valence-corrected chi connectivity index (χ0v) is 38.8. The summed E-state index contributed by atoms with van der Waals surface area (Å²) < 4.78 is 102. The molecular weight excluding hydrogens is 913 g/mol. The predicted molar refractivity (Wildman–Crippen MR) is 253 cm³/mol. The number of nitrogens with one attached hydrogen (secondary N) is 2. The van der Waals surface area contributed by atoms with Crippen LogP contribution in [-0.4, -0.2) is 63.2 Å². The molecule has 63 heavy (non-hydrogen) atoms. The summed E-state index contributed by atoms with van der Waals surface area (Å²) in [5.41, 5.74) is 1.67. The molecule has 0 unspecified atom stereocenters. The molecule has 0 spiro atoms. The Morgan fingerprint density at radius 2 is 1.48 bits per heavy atom. The molecule has 0 saturated carbocycles. The van der Waals surface area contributed by atoms with Crippen molar-refractivity contribution >= 4 is 79.7 Å². The number of halogens is 6. The SMILES string of the molecule is CSc1c(-c2cc(F)cc(N3CCN(c4ccc(NSc5ccc(NCCSc6ccccc6F)c(S(=O)(=O)C(F)(F)F)c5)cc4)CC3)c2)c(-c2ccc(Cl)cc2)n(C(C)C)c1C. The van der Waals surface area contributed by atoms with Crippen molar-refractivity contribution in [3.05, 3.63) is 132 Å². The number of rotatable bonds is 15. The smallest absolute Gasteiger partial charge is 0.383 e. The van der Waals surface area contributed by atoms with Gasteiger partial charge >= 0.3 is 5.51 Å². The van der Waals surface area contributed by atoms with Crippen molar-refractivity contribution in [1.82, 2.24) is 4.57 Å². The second-order valence-corrected chi connectivity index (χ2v) is 20.2. The molecule has 1 fully saturated rings. The summed E-state index contributed by atoms with van der Waals surface area (Å²) in [4.78, 5) is 5.27. The van der Waals surface area contributed by atoms with Gasteiger partial charge in [-0.05, 0) is 135 Å². The molecule has 0 aliphatic carbocycles. The summed E-state index contributed by atoms with van der Waals surface area (Å²) in [6, 6.07) is 30.7. The van der Waals surface area contributed by atoms with E-state index in [1.165, 1.54) is 18.2 Å². The van der Waals surface area contributed by atoms with Crippen LogP contribution in [0.2, 0.25) is 5.02 Å². The number of aromatic nitrogens is 1. The number of alkyl halides is 3. The lowest BCUT2D eigenvalue weighted by Crippen LogP contribution is -2.46. The Morgan fingerprint density at radius 3 is 2.11 bits per heavy atom. The lowest BCUT2D eigenvalue weighted by atomic mass is 9.99. The van der Waals surface area contributed by atoms with Gasteiger partial charge in [0.05, 0.1) is 11.4 Å². The van der Waals surface area contributed by atoms with E-state index in [4.69, 9.17) is 11.6 Å². The van der Waals surface area contributed by atoms with Crippen LogP contribution < -0.4 is 19.8 Å². The predicted octanol–water partition coefficient (Wildman–Crippen LogP) is 13.3. The van der Waals surface area contributed by atoms with Crippen LogP contribution in [0.1, 0.15) is 25.6 Å². The molecule has 17 heteroatoms. The Morgan fingerprint density at radius 1 is 0.810 bits per heavy atom. The number of anilines is 4. The fourth-order valence-electron chi connectivity index (χ4n) is 7.69. The average molecular weight is 959 g/mol. The molecule has 0 atom stereocenters. The molecule has 1 saturated heterocycles. The lowest BCUT2D eigenvalue weighted by Gasteiger charge is -2.37. The molecule has 5 aromatic carbocycles. The molecule has 1 aromatic heterocycles. The van der Waals surface area contributed by atoms with Crippen LogP contribution in [0, 0.1) is 18.6 Å². The summed E-state index contributed by atoms with van der Waals surface area (Å²) >= 11 is 10.1. The Balaban J connectivity index is 1.01. The van der Waals surface area contributed by atoms with Crippen molar-refractivity contribution in [3.8, 4) is 22.4 Å². The number of piperazine rings is 1. The number of nitrogens with zero attached hydrogens (tertiary/aromatic N) is 3. The topological polar surface area (TPSA) is 69.6 Å². The zero-order chi connectivity index (χ0) is 45.1. The van der Waals surface area contributed by atoms with E-state index < -0.39 is 26.1 Å². The fourth-order valence-corrected chi connectivity index (χ4v) is 11.2. The van der Waals surface area contributed by atoms with Crippen LogP contribution >= 0.6 is 47.1 Å². The van der Waals surface area contributed by atoms with Gasteiger partial charge in [0.2, 0.25) is 0 Å². The third-order valence-corrected chi connectivity index (χ3v) is 15.2. The largest absolute Gasteiger partial charge is 0.501 e. The molecule has 7 nitrogen and oxygen atoms in total. The Hall–Kier alpha value is -4.48. The van der Waals surface area contributed by atoms with Crippen molar-refractivity contribution in [2.24, 2.45) is 0 Å². The second-order valence-electron chi connectivity index (χ2n) is 15.0. The molecule has 7 rings (SSSR count). The minimum Gasteiger partial charge on any atom is -0.383 e. The Kier molecular flexibility index (Phi) is 14.6. The summed E-state index contributed by atoms with van der Waals surface area (Å²) in [7, 11) is -5.69. The minimum atomic E-state index is -5.69. The molecule has 0 bridgehead atoms. The van der Waals surface area contributed by atoms with E-state index in [9.17, 15) is 26.0 Å². The van der Waals surface area contributed by atoms with Crippen molar-refractivity contribution in [1.29, 1.82) is 0 Å². The highest BCUT2D eigenvalue weighted by Crippen LogP contribution is 2.46. The van der Waals surface area contributed by atoms with Crippen LogP contribution in [0.5, 0.6) is 0 Å². The molecule has 0 amide bonds. The number of thioether (sulfide) groups is 2. The highest BCUT2D eigenvalue weighted by atomic mass is 35.5. The maximum absolute atomic E-state index is 15.6. The van der Waals surface area contributed by atoms with Gasteiger partial charge < -0.3 is 24.4 Å². The van der Waals surface area contributed by atoms with Gasteiger partial charge in [-0.25, -0.2) is 17.2 Å². The zero-order valence-electron chi connectivity index (χ0n) is 34.8. The summed E-state index contributed by atoms with van der Waals surface area (Å²) in [6.45, 7) is 9.18. The van der Waals surface area contributed by atoms with Crippen LogP contribution in [0.4, 0.5) is 44.7 Å². The average Bonchev–Trinajstić information content (AvgIpc) is 3.57. The monoisotopic (exact) mass is 957 g/mol. The molecule has 1 aliphatic heterocycles. The minimum absolute atomic E-state index is 0.0937. The highest BCUT2D eigenvalue weighted by molar-refractivity contribution is 8.00. The first-order chi connectivity index (χ1) is 30.0. The molecule has 1 aliphatic rings. The van der Waals surface area contributed by atoms with Crippen molar-refractivity contribution in [2.75, 3.05) is 64.6 Å². The Labute approximate surface area is 382 Å². The first-order valence-corrected chi connectivity index (χ1v) is 24.9.